The van der Waals surface area contributed by atoms with Gasteiger partial charge < -0.3 is 15.0 Å². The Balaban J connectivity index is 1.72. The number of hydrogen-bond donors (Lipinski definition) is 2. The van der Waals surface area contributed by atoms with E-state index in [9.17, 15) is 9.59 Å². The standard InChI is InChI=1S/C19H24N4O3/c1-3-7-14-10-15(22-21-14)11-23(2)19(25)18-17(20-16(24)12-26-18)13-8-5-4-6-9-13/h4-6,8-10,17-18H,3,7,11-12H2,1-2H3,(H,20,24)(H,21,22). The topological polar surface area (TPSA) is 87.3 Å². The van der Waals surface area contributed by atoms with E-state index >= 15 is 0 Å². The van der Waals surface area contributed by atoms with Crippen molar-refractivity contribution in [2.75, 3.05) is 13.7 Å². The Morgan fingerprint density at radius 1 is 1.35 bits per heavy atom. The Kier molecular flexibility index (Phi) is 5.68. The third kappa shape index (κ3) is 4.11. The van der Waals surface area contributed by atoms with Gasteiger partial charge in [-0.05, 0) is 18.1 Å². The van der Waals surface area contributed by atoms with E-state index in [0.717, 1.165) is 29.8 Å². The van der Waals surface area contributed by atoms with Crippen molar-refractivity contribution in [2.45, 2.75) is 38.5 Å². The summed E-state index contributed by atoms with van der Waals surface area (Å²) in [6, 6.07) is 10.9. The maximum atomic E-state index is 12.9. The van der Waals surface area contributed by atoms with Gasteiger partial charge in [0.25, 0.3) is 5.91 Å². The maximum Gasteiger partial charge on any atom is 0.254 e. The molecule has 7 nitrogen and oxygen atoms in total. The highest BCUT2D eigenvalue weighted by atomic mass is 16.5. The number of carbonyl (C=O) groups is 2. The molecule has 2 unspecified atom stereocenters. The van der Waals surface area contributed by atoms with Gasteiger partial charge in [-0.2, -0.15) is 5.10 Å². The molecule has 2 N–H and O–H groups in total. The fraction of sp³-hybridized carbons (Fsp3) is 0.421. The van der Waals surface area contributed by atoms with Gasteiger partial charge in [-0.1, -0.05) is 43.7 Å². The number of nitrogens with one attached hydrogen (secondary N) is 2. The lowest BCUT2D eigenvalue weighted by atomic mass is 9.99. The molecule has 0 radical (unpaired) electrons. The van der Waals surface area contributed by atoms with Crippen molar-refractivity contribution >= 4 is 11.8 Å². The van der Waals surface area contributed by atoms with Crippen LogP contribution in [0.25, 0.3) is 0 Å². The number of aromatic amines is 1. The van der Waals surface area contributed by atoms with Gasteiger partial charge in [0.05, 0.1) is 24.0 Å². The van der Waals surface area contributed by atoms with Gasteiger partial charge in [0, 0.05) is 7.05 Å². The number of benzene rings is 1. The lowest BCUT2D eigenvalue weighted by Gasteiger charge is -2.34. The molecule has 0 aliphatic carbocycles. The molecular weight excluding hydrogens is 332 g/mol. The fourth-order valence-corrected chi connectivity index (χ4v) is 3.11. The molecular formula is C19H24N4O3. The van der Waals surface area contributed by atoms with E-state index in [2.05, 4.69) is 22.4 Å². The number of H-pyrrole nitrogens is 1. The van der Waals surface area contributed by atoms with Gasteiger partial charge in [0.1, 0.15) is 6.61 Å². The quantitative estimate of drug-likeness (QED) is 0.823. The van der Waals surface area contributed by atoms with E-state index in [1.807, 2.05) is 36.4 Å². The van der Waals surface area contributed by atoms with Gasteiger partial charge in [0.2, 0.25) is 5.91 Å². The van der Waals surface area contributed by atoms with Crippen molar-refractivity contribution in [2.24, 2.45) is 0 Å². The number of morpholine rings is 1. The maximum absolute atomic E-state index is 12.9. The van der Waals surface area contributed by atoms with Crippen LogP contribution in [0.3, 0.4) is 0 Å². The predicted octanol–water partition coefficient (Wildman–Crippen LogP) is 1.58. The van der Waals surface area contributed by atoms with Crippen LogP contribution in [0.2, 0.25) is 0 Å². The smallest absolute Gasteiger partial charge is 0.254 e. The number of hydrogen-bond acceptors (Lipinski definition) is 4. The van der Waals surface area contributed by atoms with E-state index in [1.54, 1.807) is 11.9 Å². The summed E-state index contributed by atoms with van der Waals surface area (Å²) >= 11 is 0. The summed E-state index contributed by atoms with van der Waals surface area (Å²) in [5.74, 6) is -0.395. The molecule has 2 aromatic rings. The fourth-order valence-electron chi connectivity index (χ4n) is 3.11. The van der Waals surface area contributed by atoms with Gasteiger partial charge in [-0.25, -0.2) is 0 Å². The average molecular weight is 356 g/mol. The minimum Gasteiger partial charge on any atom is -0.356 e. The Morgan fingerprint density at radius 3 is 2.85 bits per heavy atom. The van der Waals surface area contributed by atoms with E-state index < -0.39 is 12.1 Å². The largest absolute Gasteiger partial charge is 0.356 e. The normalized spacial score (nSPS) is 19.8. The monoisotopic (exact) mass is 356 g/mol. The zero-order valence-electron chi connectivity index (χ0n) is 15.1. The summed E-state index contributed by atoms with van der Waals surface area (Å²) in [6.07, 6.45) is 1.17. The number of carbonyl (C=O) groups excluding carboxylic acids is 2. The molecule has 1 saturated heterocycles. The molecule has 1 aliphatic rings. The predicted molar refractivity (Wildman–Crippen MR) is 96.1 cm³/mol. The van der Waals surface area contributed by atoms with Crippen LogP contribution in [0.4, 0.5) is 0 Å². The van der Waals surface area contributed by atoms with Gasteiger partial charge in [0.15, 0.2) is 6.10 Å². The third-order valence-corrected chi connectivity index (χ3v) is 4.39. The molecule has 0 bridgehead atoms. The van der Waals surface area contributed by atoms with Gasteiger partial charge in [-0.15, -0.1) is 0 Å². The van der Waals surface area contributed by atoms with Crippen molar-refractivity contribution in [3.63, 3.8) is 0 Å². The second-order valence-electron chi connectivity index (χ2n) is 6.52. The molecule has 138 valence electrons. The van der Waals surface area contributed by atoms with Crippen LogP contribution >= 0.6 is 0 Å². The van der Waals surface area contributed by atoms with Gasteiger partial charge >= 0.3 is 0 Å². The molecule has 1 fully saturated rings. The van der Waals surface area contributed by atoms with Crippen LogP contribution in [-0.2, 0) is 27.3 Å². The Labute approximate surface area is 152 Å². The molecule has 2 atom stereocenters. The highest BCUT2D eigenvalue weighted by molar-refractivity contribution is 5.86. The number of rotatable bonds is 6. The molecule has 0 saturated carbocycles. The third-order valence-electron chi connectivity index (χ3n) is 4.39. The first-order valence-electron chi connectivity index (χ1n) is 8.82. The van der Waals surface area contributed by atoms with Crippen LogP contribution in [0.5, 0.6) is 0 Å². The molecule has 1 aromatic heterocycles. The van der Waals surface area contributed by atoms with E-state index in [-0.39, 0.29) is 18.4 Å². The summed E-state index contributed by atoms with van der Waals surface area (Å²) in [4.78, 5) is 26.3. The molecule has 1 aliphatic heterocycles. The molecule has 0 spiro atoms. The number of ether oxygens (including phenoxy) is 1. The first kappa shape index (κ1) is 18.1. The van der Waals surface area contributed by atoms with Crippen molar-refractivity contribution in [3.8, 4) is 0 Å². The van der Waals surface area contributed by atoms with Crippen molar-refractivity contribution in [1.82, 2.24) is 20.4 Å². The number of nitrogens with zero attached hydrogens (tertiary/aromatic N) is 2. The molecule has 2 amide bonds. The molecule has 7 heteroatoms. The number of aryl methyl sites for hydroxylation is 1. The highest BCUT2D eigenvalue weighted by Gasteiger charge is 2.37. The summed E-state index contributed by atoms with van der Waals surface area (Å²) in [5, 5.41) is 10.1. The van der Waals surface area contributed by atoms with Crippen LogP contribution in [0.1, 0.15) is 36.3 Å². The summed E-state index contributed by atoms with van der Waals surface area (Å²) in [5.41, 5.74) is 2.71. The van der Waals surface area contributed by atoms with Crippen LogP contribution < -0.4 is 5.32 Å². The highest BCUT2D eigenvalue weighted by Crippen LogP contribution is 2.24. The first-order chi connectivity index (χ1) is 12.6. The lowest BCUT2D eigenvalue weighted by Crippen LogP contribution is -2.52. The average Bonchev–Trinajstić information content (AvgIpc) is 3.09. The van der Waals surface area contributed by atoms with Crippen molar-refractivity contribution < 1.29 is 14.3 Å². The lowest BCUT2D eigenvalue weighted by molar-refractivity contribution is -0.154. The van der Waals surface area contributed by atoms with Gasteiger partial charge in [-0.3, -0.25) is 14.7 Å². The SMILES string of the molecule is CCCc1cc(CN(C)C(=O)C2OCC(=O)NC2c2ccccc2)[nH]n1. The second-order valence-corrected chi connectivity index (χ2v) is 6.52. The Hall–Kier alpha value is -2.67. The second kappa shape index (κ2) is 8.14. The number of aromatic nitrogens is 2. The summed E-state index contributed by atoms with van der Waals surface area (Å²) in [7, 11) is 1.73. The number of likely N-dealkylation sites (N-methyl/N-ethyl adjacent to an activating group) is 1. The molecule has 1 aromatic carbocycles. The van der Waals surface area contributed by atoms with Crippen LogP contribution in [-0.4, -0.2) is 46.7 Å². The minimum atomic E-state index is -0.752. The zero-order valence-corrected chi connectivity index (χ0v) is 15.1. The van der Waals surface area contributed by atoms with E-state index in [0.29, 0.717) is 6.54 Å². The van der Waals surface area contributed by atoms with E-state index in [1.165, 1.54) is 0 Å². The molecule has 2 heterocycles. The van der Waals surface area contributed by atoms with E-state index in [4.69, 9.17) is 4.74 Å². The van der Waals surface area contributed by atoms with Crippen molar-refractivity contribution in [1.29, 1.82) is 0 Å². The summed E-state index contributed by atoms with van der Waals surface area (Å²) < 4.78 is 5.59. The molecule has 26 heavy (non-hydrogen) atoms. The molecule has 3 rings (SSSR count). The van der Waals surface area contributed by atoms with Crippen LogP contribution in [0.15, 0.2) is 36.4 Å². The van der Waals surface area contributed by atoms with Crippen LogP contribution in [0, 0.1) is 0 Å². The Morgan fingerprint density at radius 2 is 2.12 bits per heavy atom. The Bertz CT molecular complexity index is 759. The van der Waals surface area contributed by atoms with Crippen molar-refractivity contribution in [3.05, 3.63) is 53.3 Å². The number of amides is 2. The first-order valence-corrected chi connectivity index (χ1v) is 8.82. The zero-order chi connectivity index (χ0) is 18.5. The summed E-state index contributed by atoms with van der Waals surface area (Å²) in [6.45, 7) is 2.39. The minimum absolute atomic E-state index is 0.113.